The van der Waals surface area contributed by atoms with Crippen LogP contribution in [-0.2, 0) is 32.0 Å². The van der Waals surface area contributed by atoms with Gasteiger partial charge < -0.3 is 25.8 Å². The molecule has 4 amide bonds. The molecular weight excluding hydrogens is 544 g/mol. The van der Waals surface area contributed by atoms with Crippen molar-refractivity contribution >= 4 is 23.6 Å². The summed E-state index contributed by atoms with van der Waals surface area (Å²) in [4.78, 5) is 55.2. The first-order chi connectivity index (χ1) is 19.8. The number of hydrogen-bond donors (Lipinski definition) is 3. The monoisotopic (exact) mass is 583 g/mol. The normalized spacial score (nSPS) is 16.6. The van der Waals surface area contributed by atoms with Crippen LogP contribution in [0.25, 0.3) is 0 Å². The fourth-order valence-corrected chi connectivity index (χ4v) is 4.48. The van der Waals surface area contributed by atoms with Crippen molar-refractivity contribution in [3.05, 3.63) is 83.7 Å². The van der Waals surface area contributed by atoms with Crippen LogP contribution in [0.1, 0.15) is 38.8 Å². The zero-order valence-electron chi connectivity index (χ0n) is 24.6. The van der Waals surface area contributed by atoms with E-state index < -0.39 is 59.4 Å². The number of benzene rings is 2. The second kappa shape index (κ2) is 14.2. The van der Waals surface area contributed by atoms with E-state index in [1.54, 1.807) is 34.7 Å². The van der Waals surface area contributed by atoms with Crippen molar-refractivity contribution in [2.75, 3.05) is 20.1 Å². The third-order valence-corrected chi connectivity index (χ3v) is 7.15. The van der Waals surface area contributed by atoms with Gasteiger partial charge in [0, 0.05) is 25.4 Å². The number of carbonyl (C=O) groups is 4. The molecule has 1 aliphatic heterocycles. The molecule has 3 N–H and O–H groups in total. The van der Waals surface area contributed by atoms with Crippen molar-refractivity contribution in [3.8, 4) is 0 Å². The minimum Gasteiger partial charge on any atom is -0.345 e. The van der Waals surface area contributed by atoms with Crippen LogP contribution in [0.5, 0.6) is 0 Å². The predicted octanol–water partition coefficient (Wildman–Crippen LogP) is 2.52. The second-order valence-corrected chi connectivity index (χ2v) is 11.4. The summed E-state index contributed by atoms with van der Waals surface area (Å²) in [6.45, 7) is 6.93. The average Bonchev–Trinajstić information content (AvgIpc) is 2.96. The molecule has 1 heterocycles. The molecule has 3 atom stereocenters. The van der Waals surface area contributed by atoms with Crippen LogP contribution in [0.4, 0.5) is 8.78 Å². The molecule has 0 aromatic heterocycles. The topological polar surface area (TPSA) is 111 Å². The SMILES string of the molecule is CN[C@@H](C)C(=O)N[C@H](C(=O)NCC(=O)N1C=CN(CCc2ccccc2)C(=O)[C@@H]1Cc1ccc(F)c(F)c1)C(C)(C)C. The van der Waals surface area contributed by atoms with Crippen LogP contribution < -0.4 is 16.0 Å². The quantitative estimate of drug-likeness (QED) is 0.377. The highest BCUT2D eigenvalue weighted by Gasteiger charge is 2.37. The molecular formula is C31H39F2N5O4. The smallest absolute Gasteiger partial charge is 0.250 e. The molecule has 9 nitrogen and oxygen atoms in total. The van der Waals surface area contributed by atoms with Crippen molar-refractivity contribution in [2.24, 2.45) is 5.41 Å². The van der Waals surface area contributed by atoms with Crippen LogP contribution >= 0.6 is 0 Å². The Morgan fingerprint density at radius 1 is 0.952 bits per heavy atom. The summed E-state index contributed by atoms with van der Waals surface area (Å²) >= 11 is 0. The van der Waals surface area contributed by atoms with Crippen molar-refractivity contribution in [1.29, 1.82) is 0 Å². The lowest BCUT2D eigenvalue weighted by Crippen LogP contribution is -2.58. The molecule has 0 spiro atoms. The van der Waals surface area contributed by atoms with Gasteiger partial charge in [0.2, 0.25) is 23.6 Å². The van der Waals surface area contributed by atoms with E-state index in [9.17, 15) is 28.0 Å². The van der Waals surface area contributed by atoms with Crippen molar-refractivity contribution < 1.29 is 28.0 Å². The van der Waals surface area contributed by atoms with Gasteiger partial charge in [0.05, 0.1) is 12.6 Å². The van der Waals surface area contributed by atoms with E-state index in [4.69, 9.17) is 0 Å². The minimum absolute atomic E-state index is 0.0650. The fourth-order valence-electron chi connectivity index (χ4n) is 4.48. The summed E-state index contributed by atoms with van der Waals surface area (Å²) in [6, 6.07) is 10.4. The Labute approximate surface area is 245 Å². The van der Waals surface area contributed by atoms with Gasteiger partial charge in [0.25, 0.3) is 0 Å². The Kier molecular flexibility index (Phi) is 10.9. The minimum atomic E-state index is -1.06. The largest absolute Gasteiger partial charge is 0.345 e. The van der Waals surface area contributed by atoms with E-state index in [1.165, 1.54) is 28.3 Å². The maximum atomic E-state index is 14.0. The number of hydrogen-bond acceptors (Lipinski definition) is 5. The van der Waals surface area contributed by atoms with Crippen LogP contribution in [0.3, 0.4) is 0 Å². The lowest BCUT2D eigenvalue weighted by molar-refractivity contribution is -0.143. The molecule has 0 unspecified atom stereocenters. The summed E-state index contributed by atoms with van der Waals surface area (Å²) < 4.78 is 27.5. The van der Waals surface area contributed by atoms with Gasteiger partial charge in [-0.25, -0.2) is 8.78 Å². The number of rotatable bonds is 11. The highest BCUT2D eigenvalue weighted by molar-refractivity contribution is 5.94. The number of likely N-dealkylation sites (N-methyl/N-ethyl adjacent to an activating group) is 1. The molecule has 0 saturated carbocycles. The lowest BCUT2D eigenvalue weighted by atomic mass is 9.86. The van der Waals surface area contributed by atoms with E-state index in [-0.39, 0.29) is 12.3 Å². The number of carbonyl (C=O) groups excluding carboxylic acids is 4. The van der Waals surface area contributed by atoms with Gasteiger partial charge in [-0.05, 0) is 49.1 Å². The molecule has 3 rings (SSSR count). The zero-order chi connectivity index (χ0) is 31.0. The third kappa shape index (κ3) is 8.45. The molecule has 42 heavy (non-hydrogen) atoms. The molecule has 2 aromatic rings. The Morgan fingerprint density at radius 2 is 1.64 bits per heavy atom. The van der Waals surface area contributed by atoms with Crippen molar-refractivity contribution in [3.63, 3.8) is 0 Å². The molecule has 0 saturated heterocycles. The summed E-state index contributed by atoms with van der Waals surface area (Å²) in [6.07, 6.45) is 3.47. The van der Waals surface area contributed by atoms with Crippen LogP contribution in [0.15, 0.2) is 60.9 Å². The number of amides is 4. The Bertz CT molecular complexity index is 1310. The first kappa shape index (κ1) is 32.4. The summed E-state index contributed by atoms with van der Waals surface area (Å²) in [5.74, 6) is -3.96. The molecule has 0 aliphatic carbocycles. The van der Waals surface area contributed by atoms with Gasteiger partial charge in [0.1, 0.15) is 12.1 Å². The van der Waals surface area contributed by atoms with E-state index in [2.05, 4.69) is 16.0 Å². The maximum absolute atomic E-state index is 14.0. The molecule has 1 aliphatic rings. The van der Waals surface area contributed by atoms with Crippen LogP contribution in [0.2, 0.25) is 0 Å². The summed E-state index contributed by atoms with van der Waals surface area (Å²) in [5.41, 5.74) is 0.703. The van der Waals surface area contributed by atoms with Gasteiger partial charge in [-0.3, -0.25) is 19.2 Å². The number of nitrogens with zero attached hydrogens (tertiary/aromatic N) is 2. The Balaban J connectivity index is 1.77. The highest BCUT2D eigenvalue weighted by Crippen LogP contribution is 2.21. The second-order valence-electron chi connectivity index (χ2n) is 11.4. The highest BCUT2D eigenvalue weighted by atomic mass is 19.2. The molecule has 0 radical (unpaired) electrons. The lowest BCUT2D eigenvalue weighted by Gasteiger charge is -2.36. The number of nitrogens with one attached hydrogen (secondary N) is 3. The number of halogens is 2. The van der Waals surface area contributed by atoms with Gasteiger partial charge in [-0.15, -0.1) is 0 Å². The van der Waals surface area contributed by atoms with Crippen molar-refractivity contribution in [1.82, 2.24) is 25.8 Å². The maximum Gasteiger partial charge on any atom is 0.250 e. The molecule has 11 heteroatoms. The molecule has 0 bridgehead atoms. The third-order valence-electron chi connectivity index (χ3n) is 7.15. The Morgan fingerprint density at radius 3 is 2.26 bits per heavy atom. The summed E-state index contributed by atoms with van der Waals surface area (Å²) in [5, 5.41) is 8.13. The van der Waals surface area contributed by atoms with Gasteiger partial charge in [-0.1, -0.05) is 57.2 Å². The summed E-state index contributed by atoms with van der Waals surface area (Å²) in [7, 11) is 1.63. The molecule has 2 aromatic carbocycles. The van der Waals surface area contributed by atoms with Crippen molar-refractivity contribution in [2.45, 2.75) is 58.7 Å². The molecule has 226 valence electrons. The Hall–Kier alpha value is -4.12. The van der Waals surface area contributed by atoms with E-state index in [0.29, 0.717) is 18.5 Å². The van der Waals surface area contributed by atoms with Gasteiger partial charge in [0.15, 0.2) is 11.6 Å². The predicted molar refractivity (Wildman–Crippen MR) is 155 cm³/mol. The van der Waals surface area contributed by atoms with E-state index >= 15 is 0 Å². The van der Waals surface area contributed by atoms with E-state index in [0.717, 1.165) is 17.7 Å². The zero-order valence-corrected chi connectivity index (χ0v) is 24.6. The first-order valence-electron chi connectivity index (χ1n) is 13.8. The first-order valence-corrected chi connectivity index (χ1v) is 13.8. The average molecular weight is 584 g/mol. The van der Waals surface area contributed by atoms with Crippen LogP contribution in [0, 0.1) is 17.0 Å². The van der Waals surface area contributed by atoms with Gasteiger partial charge >= 0.3 is 0 Å². The fraction of sp³-hybridized carbons (Fsp3) is 0.419. The van der Waals surface area contributed by atoms with Gasteiger partial charge in [-0.2, -0.15) is 0 Å². The molecule has 0 fully saturated rings. The standard InChI is InChI=1S/C31H39F2N5O4/c1-20(34-5)28(40)36-27(31(2,3)4)29(41)35-19-26(39)38-16-15-37(14-13-21-9-7-6-8-10-21)30(42)25(38)18-22-11-12-23(32)24(33)17-22/h6-12,15-17,20,25,27,34H,13-14,18-19H2,1-5H3,(H,35,41)(H,36,40)/t20-,25-,27+/m0/s1. The van der Waals surface area contributed by atoms with Crippen LogP contribution in [-0.4, -0.2) is 71.7 Å². The van der Waals surface area contributed by atoms with E-state index in [1.807, 2.05) is 30.3 Å².